The van der Waals surface area contributed by atoms with Gasteiger partial charge in [-0.15, -0.1) is 11.6 Å². The molecule has 7 heteroatoms. The highest BCUT2D eigenvalue weighted by atomic mass is 35.5. The van der Waals surface area contributed by atoms with Crippen LogP contribution in [0.5, 0.6) is 0 Å². The van der Waals surface area contributed by atoms with Crippen LogP contribution in [-0.2, 0) is 6.18 Å². The van der Waals surface area contributed by atoms with Crippen LogP contribution in [0.25, 0.3) is 0 Å². The fourth-order valence-corrected chi connectivity index (χ4v) is 1.97. The first-order valence-electron chi connectivity index (χ1n) is 5.33. The Morgan fingerprint density at radius 3 is 2.44 bits per heavy atom. The first kappa shape index (κ1) is 15.4. The molecule has 0 fully saturated rings. The van der Waals surface area contributed by atoms with E-state index in [-0.39, 0.29) is 22.3 Å². The van der Waals surface area contributed by atoms with Crippen LogP contribution in [0.15, 0.2) is 12.3 Å². The molecular formula is C11H13Cl2F3N2. The lowest BCUT2D eigenvalue weighted by Gasteiger charge is -2.17. The summed E-state index contributed by atoms with van der Waals surface area (Å²) in [4.78, 5) is 3.69. The molecule has 2 unspecified atom stereocenters. The Hall–Kier alpha value is -0.680. The Bertz CT molecular complexity index is 408. The number of rotatable bonds is 4. The van der Waals surface area contributed by atoms with Crippen LogP contribution in [0, 0.1) is 0 Å². The zero-order chi connectivity index (χ0) is 13.9. The summed E-state index contributed by atoms with van der Waals surface area (Å²) in [6.07, 6.45) is -3.03. The molecule has 1 aromatic heterocycles. The van der Waals surface area contributed by atoms with Gasteiger partial charge in [-0.2, -0.15) is 13.2 Å². The van der Waals surface area contributed by atoms with E-state index >= 15 is 0 Å². The molecule has 1 N–H and O–H groups in total. The number of anilines is 1. The normalized spacial score (nSPS) is 15.3. The van der Waals surface area contributed by atoms with Crippen LogP contribution in [0.1, 0.15) is 25.8 Å². The fraction of sp³-hybridized carbons (Fsp3) is 0.545. The molecule has 0 saturated heterocycles. The van der Waals surface area contributed by atoms with Crippen molar-refractivity contribution in [3.63, 3.8) is 0 Å². The van der Waals surface area contributed by atoms with E-state index in [0.29, 0.717) is 6.42 Å². The minimum atomic E-state index is -4.44. The highest BCUT2D eigenvalue weighted by molar-refractivity contribution is 6.33. The smallest absolute Gasteiger partial charge is 0.366 e. The highest BCUT2D eigenvalue weighted by Crippen LogP contribution is 2.32. The number of aromatic nitrogens is 1. The molecule has 0 radical (unpaired) electrons. The van der Waals surface area contributed by atoms with Crippen molar-refractivity contribution in [1.82, 2.24) is 4.98 Å². The van der Waals surface area contributed by atoms with Crippen LogP contribution >= 0.6 is 23.2 Å². The lowest BCUT2D eigenvalue weighted by atomic mass is 10.2. The van der Waals surface area contributed by atoms with E-state index in [0.717, 1.165) is 12.3 Å². The van der Waals surface area contributed by atoms with E-state index in [2.05, 4.69) is 10.3 Å². The minimum absolute atomic E-state index is 0.0285. The third-order valence-corrected chi connectivity index (χ3v) is 2.70. The maximum absolute atomic E-state index is 12.4. The summed E-state index contributed by atoms with van der Waals surface area (Å²) in [6.45, 7) is 3.69. The second-order valence-corrected chi connectivity index (χ2v) is 5.27. The topological polar surface area (TPSA) is 24.9 Å². The minimum Gasteiger partial charge on any atom is -0.366 e. The molecule has 18 heavy (non-hydrogen) atoms. The summed E-state index contributed by atoms with van der Waals surface area (Å²) in [5, 5.41) is 2.83. The van der Waals surface area contributed by atoms with Gasteiger partial charge in [0.05, 0.1) is 10.6 Å². The predicted octanol–water partition coefficient (Wildman–Crippen LogP) is 4.57. The number of hydrogen-bond acceptors (Lipinski definition) is 2. The van der Waals surface area contributed by atoms with Gasteiger partial charge in [0.15, 0.2) is 0 Å². The number of hydrogen-bond donors (Lipinski definition) is 1. The van der Waals surface area contributed by atoms with Gasteiger partial charge in [0, 0.05) is 17.6 Å². The molecule has 0 spiro atoms. The van der Waals surface area contributed by atoms with Gasteiger partial charge in [-0.25, -0.2) is 4.98 Å². The lowest BCUT2D eigenvalue weighted by molar-refractivity contribution is -0.137. The van der Waals surface area contributed by atoms with E-state index in [4.69, 9.17) is 23.2 Å². The molecule has 0 saturated carbocycles. The molecule has 0 aliphatic carbocycles. The van der Waals surface area contributed by atoms with Crippen LogP contribution in [0.2, 0.25) is 5.02 Å². The second-order valence-electron chi connectivity index (χ2n) is 4.11. The van der Waals surface area contributed by atoms with E-state index in [1.165, 1.54) is 0 Å². The number of alkyl halides is 4. The SMILES string of the molecule is CC(Cl)CC(C)Nc1ncc(C(F)(F)F)cc1Cl. The van der Waals surface area contributed by atoms with Crippen LogP contribution in [0.3, 0.4) is 0 Å². The zero-order valence-electron chi connectivity index (χ0n) is 9.85. The first-order valence-corrected chi connectivity index (χ1v) is 6.15. The molecule has 0 bridgehead atoms. The van der Waals surface area contributed by atoms with Crippen molar-refractivity contribution < 1.29 is 13.2 Å². The van der Waals surface area contributed by atoms with Gasteiger partial charge in [0.1, 0.15) is 5.82 Å². The highest BCUT2D eigenvalue weighted by Gasteiger charge is 2.31. The lowest BCUT2D eigenvalue weighted by Crippen LogP contribution is -2.19. The number of pyridine rings is 1. The maximum atomic E-state index is 12.4. The predicted molar refractivity (Wildman–Crippen MR) is 67.3 cm³/mol. The second kappa shape index (κ2) is 5.97. The molecule has 1 heterocycles. The van der Waals surface area contributed by atoms with Crippen molar-refractivity contribution in [3.8, 4) is 0 Å². The Kier molecular flexibility index (Phi) is 5.10. The third kappa shape index (κ3) is 4.53. The summed E-state index contributed by atoms with van der Waals surface area (Å²) in [7, 11) is 0. The average molecular weight is 301 g/mol. The molecule has 2 atom stereocenters. The van der Waals surface area contributed by atoms with Crippen molar-refractivity contribution in [2.75, 3.05) is 5.32 Å². The van der Waals surface area contributed by atoms with E-state index < -0.39 is 11.7 Å². The van der Waals surface area contributed by atoms with Gasteiger partial charge in [-0.05, 0) is 26.3 Å². The van der Waals surface area contributed by atoms with Crippen molar-refractivity contribution in [2.24, 2.45) is 0 Å². The Morgan fingerprint density at radius 1 is 1.39 bits per heavy atom. The third-order valence-electron chi connectivity index (χ3n) is 2.23. The number of nitrogens with one attached hydrogen (secondary N) is 1. The summed E-state index contributed by atoms with van der Waals surface area (Å²) >= 11 is 11.6. The number of nitrogens with zero attached hydrogens (tertiary/aromatic N) is 1. The van der Waals surface area contributed by atoms with Crippen molar-refractivity contribution in [3.05, 3.63) is 22.8 Å². The van der Waals surface area contributed by atoms with Gasteiger partial charge in [-0.1, -0.05) is 11.6 Å². The fourth-order valence-electron chi connectivity index (χ4n) is 1.48. The quantitative estimate of drug-likeness (QED) is 0.824. The van der Waals surface area contributed by atoms with Gasteiger partial charge in [0.25, 0.3) is 0 Å². The van der Waals surface area contributed by atoms with E-state index in [9.17, 15) is 13.2 Å². The molecule has 0 aromatic carbocycles. The molecule has 0 aliphatic rings. The summed E-state index contributed by atoms with van der Waals surface area (Å²) in [6, 6.07) is 0.826. The summed E-state index contributed by atoms with van der Waals surface area (Å²) in [5.41, 5.74) is -0.864. The van der Waals surface area contributed by atoms with Gasteiger partial charge in [0.2, 0.25) is 0 Å². The van der Waals surface area contributed by atoms with Crippen LogP contribution in [-0.4, -0.2) is 16.4 Å². The molecule has 102 valence electrons. The molecule has 0 amide bonds. The van der Waals surface area contributed by atoms with Crippen molar-refractivity contribution >= 4 is 29.0 Å². The molecule has 0 aliphatic heterocycles. The van der Waals surface area contributed by atoms with Gasteiger partial charge < -0.3 is 5.32 Å². The van der Waals surface area contributed by atoms with Crippen LogP contribution in [0.4, 0.5) is 19.0 Å². The molecule has 1 aromatic rings. The summed E-state index contributed by atoms with van der Waals surface area (Å²) < 4.78 is 37.2. The monoisotopic (exact) mass is 300 g/mol. The van der Waals surface area contributed by atoms with Crippen LogP contribution < -0.4 is 5.32 Å². The first-order chi connectivity index (χ1) is 8.20. The number of halogens is 5. The van der Waals surface area contributed by atoms with Gasteiger partial charge in [-0.3, -0.25) is 0 Å². The maximum Gasteiger partial charge on any atom is 0.417 e. The van der Waals surface area contributed by atoms with Gasteiger partial charge >= 0.3 is 6.18 Å². The Balaban J connectivity index is 2.80. The Labute approximate surface area is 113 Å². The van der Waals surface area contributed by atoms with Crippen molar-refractivity contribution in [2.45, 2.75) is 37.9 Å². The van der Waals surface area contributed by atoms with Crippen molar-refractivity contribution in [1.29, 1.82) is 0 Å². The standard InChI is InChI=1S/C11H13Cl2F3N2/c1-6(12)3-7(2)18-10-9(13)4-8(5-17-10)11(14,15)16/h4-7H,3H2,1-2H3,(H,17,18). The molecular weight excluding hydrogens is 288 g/mol. The zero-order valence-corrected chi connectivity index (χ0v) is 11.4. The van der Waals surface area contributed by atoms with E-state index in [1.54, 1.807) is 0 Å². The average Bonchev–Trinajstić information content (AvgIpc) is 2.18. The Morgan fingerprint density at radius 2 is 2.00 bits per heavy atom. The summed E-state index contributed by atoms with van der Waals surface area (Å²) in [5.74, 6) is 0.231. The van der Waals surface area contributed by atoms with E-state index in [1.807, 2.05) is 13.8 Å². The largest absolute Gasteiger partial charge is 0.417 e. The molecule has 1 rings (SSSR count). The molecule has 2 nitrogen and oxygen atoms in total.